The van der Waals surface area contributed by atoms with E-state index >= 15 is 0 Å². The molecule has 0 fully saturated rings. The van der Waals surface area contributed by atoms with Gasteiger partial charge in [-0.25, -0.2) is 4.39 Å². The van der Waals surface area contributed by atoms with Gasteiger partial charge < -0.3 is 15.6 Å². The average Bonchev–Trinajstić information content (AvgIpc) is 2.23. The van der Waals surface area contributed by atoms with E-state index in [1.54, 1.807) is 13.0 Å². The van der Waals surface area contributed by atoms with Crippen LogP contribution >= 0.6 is 15.9 Å². The van der Waals surface area contributed by atoms with Gasteiger partial charge >= 0.3 is 0 Å². The predicted octanol–water partition coefficient (Wildman–Crippen LogP) is 1.98. The van der Waals surface area contributed by atoms with Crippen LogP contribution in [0.1, 0.15) is 18.5 Å². The SMILES string of the molecule is CCOc1c(Br)ccc(F)c1C(N)CO. The summed E-state index contributed by atoms with van der Waals surface area (Å²) >= 11 is 3.25. The Morgan fingerprint density at radius 1 is 1.60 bits per heavy atom. The first-order valence-electron chi connectivity index (χ1n) is 4.59. The van der Waals surface area contributed by atoms with Crippen LogP contribution in [0.5, 0.6) is 5.75 Å². The molecule has 0 aliphatic carbocycles. The number of aliphatic hydroxyl groups is 1. The molecule has 0 radical (unpaired) electrons. The van der Waals surface area contributed by atoms with Crippen molar-refractivity contribution in [2.45, 2.75) is 13.0 Å². The standard InChI is InChI=1S/C10H13BrFNO2/c1-2-15-10-6(11)3-4-7(12)9(10)8(13)5-14/h3-4,8,14H,2,5,13H2,1H3. The van der Waals surface area contributed by atoms with Crippen molar-refractivity contribution < 1.29 is 14.2 Å². The van der Waals surface area contributed by atoms with E-state index in [0.717, 1.165) is 0 Å². The van der Waals surface area contributed by atoms with E-state index in [4.69, 9.17) is 15.6 Å². The third kappa shape index (κ3) is 2.68. The van der Waals surface area contributed by atoms with Gasteiger partial charge in [0.1, 0.15) is 11.6 Å². The van der Waals surface area contributed by atoms with Crippen LogP contribution in [0.2, 0.25) is 0 Å². The molecule has 1 aromatic carbocycles. The van der Waals surface area contributed by atoms with Crippen LogP contribution in [0.25, 0.3) is 0 Å². The Morgan fingerprint density at radius 2 is 2.27 bits per heavy atom. The minimum atomic E-state index is -0.774. The summed E-state index contributed by atoms with van der Waals surface area (Å²) < 4.78 is 19.4. The van der Waals surface area contributed by atoms with E-state index < -0.39 is 11.9 Å². The topological polar surface area (TPSA) is 55.5 Å². The Labute approximate surface area is 96.2 Å². The number of ether oxygens (including phenoxy) is 1. The van der Waals surface area contributed by atoms with Crippen LogP contribution in [-0.2, 0) is 0 Å². The largest absolute Gasteiger partial charge is 0.492 e. The number of halogens is 2. The second-order valence-corrected chi connectivity index (χ2v) is 3.85. The number of benzene rings is 1. The summed E-state index contributed by atoms with van der Waals surface area (Å²) in [4.78, 5) is 0. The zero-order chi connectivity index (χ0) is 11.4. The molecule has 1 atom stereocenters. The molecule has 0 saturated carbocycles. The van der Waals surface area contributed by atoms with Crippen LogP contribution in [0.3, 0.4) is 0 Å². The molecule has 0 saturated heterocycles. The van der Waals surface area contributed by atoms with Crippen molar-refractivity contribution in [1.82, 2.24) is 0 Å². The van der Waals surface area contributed by atoms with Gasteiger partial charge in [0, 0.05) is 0 Å². The van der Waals surface area contributed by atoms with E-state index in [-0.39, 0.29) is 12.2 Å². The second kappa shape index (κ2) is 5.44. The smallest absolute Gasteiger partial charge is 0.141 e. The summed E-state index contributed by atoms with van der Waals surface area (Å²) in [6.45, 7) is 1.88. The quantitative estimate of drug-likeness (QED) is 0.885. The lowest BCUT2D eigenvalue weighted by Gasteiger charge is -2.16. The summed E-state index contributed by atoms with van der Waals surface area (Å²) in [5.41, 5.74) is 5.81. The molecule has 3 nitrogen and oxygen atoms in total. The molecule has 15 heavy (non-hydrogen) atoms. The Bertz CT molecular complexity index is 346. The van der Waals surface area contributed by atoms with Crippen molar-refractivity contribution >= 4 is 15.9 Å². The third-order valence-electron chi connectivity index (χ3n) is 1.95. The maximum Gasteiger partial charge on any atom is 0.141 e. The molecule has 0 aromatic heterocycles. The first-order valence-corrected chi connectivity index (χ1v) is 5.38. The van der Waals surface area contributed by atoms with Gasteiger partial charge in [-0.15, -0.1) is 0 Å². The van der Waals surface area contributed by atoms with Crippen LogP contribution in [0, 0.1) is 5.82 Å². The lowest BCUT2D eigenvalue weighted by Crippen LogP contribution is -2.18. The van der Waals surface area contributed by atoms with Gasteiger partial charge in [-0.2, -0.15) is 0 Å². The van der Waals surface area contributed by atoms with E-state index in [0.29, 0.717) is 16.8 Å². The van der Waals surface area contributed by atoms with Crippen LogP contribution in [0.15, 0.2) is 16.6 Å². The lowest BCUT2D eigenvalue weighted by molar-refractivity contribution is 0.257. The van der Waals surface area contributed by atoms with Crippen molar-refractivity contribution in [2.24, 2.45) is 5.73 Å². The van der Waals surface area contributed by atoms with Gasteiger partial charge in [-0.1, -0.05) is 0 Å². The van der Waals surface area contributed by atoms with Crippen LogP contribution in [-0.4, -0.2) is 18.3 Å². The maximum absolute atomic E-state index is 13.5. The van der Waals surface area contributed by atoms with E-state index in [1.165, 1.54) is 6.07 Å². The highest BCUT2D eigenvalue weighted by molar-refractivity contribution is 9.10. The predicted molar refractivity (Wildman–Crippen MR) is 59.3 cm³/mol. The molecule has 1 aromatic rings. The van der Waals surface area contributed by atoms with Gasteiger partial charge in [-0.05, 0) is 35.0 Å². The van der Waals surface area contributed by atoms with Crippen molar-refractivity contribution in [1.29, 1.82) is 0 Å². The first kappa shape index (κ1) is 12.4. The molecular weight excluding hydrogens is 265 g/mol. The number of hydrogen-bond acceptors (Lipinski definition) is 3. The molecule has 0 aliphatic rings. The Balaban J connectivity index is 3.24. The van der Waals surface area contributed by atoms with E-state index in [9.17, 15) is 4.39 Å². The highest BCUT2D eigenvalue weighted by Crippen LogP contribution is 2.34. The molecule has 0 heterocycles. The second-order valence-electron chi connectivity index (χ2n) is 2.99. The molecule has 1 rings (SSSR count). The summed E-state index contributed by atoms with van der Waals surface area (Å²) in [5.74, 6) is -0.109. The van der Waals surface area contributed by atoms with Crippen molar-refractivity contribution in [2.75, 3.05) is 13.2 Å². The fraction of sp³-hybridized carbons (Fsp3) is 0.400. The first-order chi connectivity index (χ1) is 7.11. The molecule has 0 bridgehead atoms. The number of rotatable bonds is 4. The summed E-state index contributed by atoms with van der Waals surface area (Å²) in [5, 5.41) is 8.93. The minimum absolute atomic E-state index is 0.203. The number of hydrogen-bond donors (Lipinski definition) is 2. The normalized spacial score (nSPS) is 12.6. The highest BCUT2D eigenvalue weighted by Gasteiger charge is 2.19. The highest BCUT2D eigenvalue weighted by atomic mass is 79.9. The molecule has 5 heteroatoms. The fourth-order valence-electron chi connectivity index (χ4n) is 1.28. The lowest BCUT2D eigenvalue weighted by atomic mass is 10.1. The molecule has 1 unspecified atom stereocenters. The Morgan fingerprint density at radius 3 is 2.80 bits per heavy atom. The fourth-order valence-corrected chi connectivity index (χ4v) is 1.74. The molecule has 0 amide bonds. The number of aliphatic hydroxyl groups excluding tert-OH is 1. The molecular formula is C10H13BrFNO2. The molecule has 84 valence electrons. The van der Waals surface area contributed by atoms with Crippen molar-refractivity contribution in [3.05, 3.63) is 28.0 Å². The van der Waals surface area contributed by atoms with Gasteiger partial charge in [0.2, 0.25) is 0 Å². The van der Waals surface area contributed by atoms with Crippen molar-refractivity contribution in [3.8, 4) is 5.75 Å². The zero-order valence-corrected chi connectivity index (χ0v) is 9.92. The molecule has 0 spiro atoms. The van der Waals surface area contributed by atoms with Gasteiger partial charge in [-0.3, -0.25) is 0 Å². The molecule has 3 N–H and O–H groups in total. The summed E-state index contributed by atoms with van der Waals surface area (Å²) in [7, 11) is 0. The van der Waals surface area contributed by atoms with Gasteiger partial charge in [0.05, 0.1) is 29.3 Å². The Kier molecular flexibility index (Phi) is 4.50. The third-order valence-corrected chi connectivity index (χ3v) is 2.58. The van der Waals surface area contributed by atoms with E-state index in [1.807, 2.05) is 0 Å². The summed E-state index contributed by atoms with van der Waals surface area (Å²) in [6.07, 6.45) is 0. The van der Waals surface area contributed by atoms with E-state index in [2.05, 4.69) is 15.9 Å². The minimum Gasteiger partial charge on any atom is -0.492 e. The van der Waals surface area contributed by atoms with Gasteiger partial charge in [0.25, 0.3) is 0 Å². The Hall–Kier alpha value is -0.650. The summed E-state index contributed by atoms with van der Waals surface area (Å²) in [6, 6.07) is 2.06. The zero-order valence-electron chi connectivity index (χ0n) is 8.34. The van der Waals surface area contributed by atoms with Crippen LogP contribution in [0.4, 0.5) is 4.39 Å². The molecule has 0 aliphatic heterocycles. The van der Waals surface area contributed by atoms with Crippen LogP contribution < -0.4 is 10.5 Å². The van der Waals surface area contributed by atoms with Crippen molar-refractivity contribution in [3.63, 3.8) is 0 Å². The maximum atomic E-state index is 13.5. The monoisotopic (exact) mass is 277 g/mol. The van der Waals surface area contributed by atoms with Gasteiger partial charge in [0.15, 0.2) is 0 Å². The average molecular weight is 278 g/mol. The number of nitrogens with two attached hydrogens (primary N) is 1.